The van der Waals surface area contributed by atoms with E-state index in [0.29, 0.717) is 5.92 Å². The zero-order chi connectivity index (χ0) is 14.0. The van der Waals surface area contributed by atoms with E-state index in [1.165, 1.54) is 0 Å². The minimum Gasteiger partial charge on any atom is -0.338 e. The molecule has 5 heteroatoms. The van der Waals surface area contributed by atoms with E-state index in [-0.39, 0.29) is 11.6 Å². The van der Waals surface area contributed by atoms with Crippen molar-refractivity contribution < 1.29 is 4.79 Å². The highest BCUT2D eigenvalue weighted by Crippen LogP contribution is 2.26. The van der Waals surface area contributed by atoms with E-state index >= 15 is 0 Å². The lowest BCUT2D eigenvalue weighted by molar-refractivity contribution is 0.172. The summed E-state index contributed by atoms with van der Waals surface area (Å²) in [5.74, 6) is 1.61. The number of aryl methyl sites for hydroxylation is 1. The van der Waals surface area contributed by atoms with Crippen LogP contribution in [0.3, 0.4) is 0 Å². The third-order valence-corrected chi connectivity index (χ3v) is 3.49. The molecule has 0 aromatic carbocycles. The molecule has 0 unspecified atom stereocenters. The van der Waals surface area contributed by atoms with Crippen LogP contribution in [0.4, 0.5) is 4.79 Å². The normalized spacial score (nSPS) is 17.6. The van der Waals surface area contributed by atoms with Gasteiger partial charge in [-0.2, -0.15) is 0 Å². The van der Waals surface area contributed by atoms with Crippen LogP contribution in [0.2, 0.25) is 0 Å². The smallest absolute Gasteiger partial charge is 0.317 e. The van der Waals surface area contributed by atoms with Crippen LogP contribution in [0.25, 0.3) is 0 Å². The fourth-order valence-corrected chi connectivity index (χ4v) is 2.51. The van der Waals surface area contributed by atoms with E-state index in [1.54, 1.807) is 0 Å². The molecule has 1 N–H and O–H groups in total. The Hall–Kier alpha value is -1.52. The van der Waals surface area contributed by atoms with Crippen LogP contribution in [-0.4, -0.2) is 39.1 Å². The van der Waals surface area contributed by atoms with Crippen molar-refractivity contribution >= 4 is 6.03 Å². The molecule has 1 aromatic heterocycles. The van der Waals surface area contributed by atoms with E-state index in [9.17, 15) is 4.79 Å². The number of rotatable bonds is 1. The van der Waals surface area contributed by atoms with Gasteiger partial charge in [0.1, 0.15) is 5.82 Å². The molecule has 0 atom stereocenters. The van der Waals surface area contributed by atoms with Gasteiger partial charge < -0.3 is 14.8 Å². The first kappa shape index (κ1) is 13.9. The van der Waals surface area contributed by atoms with Crippen molar-refractivity contribution in [1.29, 1.82) is 0 Å². The number of amides is 2. The Kier molecular flexibility index (Phi) is 3.83. The van der Waals surface area contributed by atoms with Crippen LogP contribution in [0.1, 0.15) is 45.4 Å². The summed E-state index contributed by atoms with van der Waals surface area (Å²) in [7, 11) is 2.03. The van der Waals surface area contributed by atoms with Crippen molar-refractivity contribution in [3.63, 3.8) is 0 Å². The fourth-order valence-electron chi connectivity index (χ4n) is 2.51. The number of nitrogens with one attached hydrogen (secondary N) is 1. The molecule has 106 valence electrons. The molecule has 5 nitrogen and oxygen atoms in total. The molecular weight excluding hydrogens is 240 g/mol. The van der Waals surface area contributed by atoms with Gasteiger partial charge in [0.05, 0.1) is 0 Å². The van der Waals surface area contributed by atoms with Gasteiger partial charge in [0.2, 0.25) is 0 Å². The van der Waals surface area contributed by atoms with Gasteiger partial charge in [-0.25, -0.2) is 9.78 Å². The van der Waals surface area contributed by atoms with Crippen LogP contribution < -0.4 is 5.32 Å². The Labute approximate surface area is 115 Å². The van der Waals surface area contributed by atoms with E-state index < -0.39 is 0 Å². The number of carbonyl (C=O) groups excluding carboxylic acids is 1. The minimum absolute atomic E-state index is 0.0470. The van der Waals surface area contributed by atoms with E-state index in [0.717, 1.165) is 31.8 Å². The Balaban J connectivity index is 1.89. The van der Waals surface area contributed by atoms with Crippen molar-refractivity contribution in [1.82, 2.24) is 19.8 Å². The molecule has 2 rings (SSSR count). The molecule has 0 radical (unpaired) electrons. The molecule has 1 aromatic rings. The Morgan fingerprint density at radius 3 is 2.47 bits per heavy atom. The molecule has 1 aliphatic heterocycles. The highest BCUT2D eigenvalue weighted by Gasteiger charge is 2.27. The van der Waals surface area contributed by atoms with Crippen molar-refractivity contribution in [3.8, 4) is 0 Å². The van der Waals surface area contributed by atoms with Crippen molar-refractivity contribution in [2.24, 2.45) is 7.05 Å². The highest BCUT2D eigenvalue weighted by atomic mass is 16.2. The van der Waals surface area contributed by atoms with Crippen LogP contribution in [0, 0.1) is 0 Å². The third-order valence-electron chi connectivity index (χ3n) is 3.49. The second-order valence-electron chi connectivity index (χ2n) is 6.34. The average Bonchev–Trinajstić information content (AvgIpc) is 2.73. The Morgan fingerprint density at radius 2 is 2.00 bits per heavy atom. The molecule has 0 spiro atoms. The number of aromatic nitrogens is 2. The molecule has 0 aliphatic carbocycles. The van der Waals surface area contributed by atoms with Crippen LogP contribution in [0.15, 0.2) is 12.4 Å². The van der Waals surface area contributed by atoms with Gasteiger partial charge in [0.15, 0.2) is 0 Å². The molecular formula is C14H24N4O. The quantitative estimate of drug-likeness (QED) is 0.844. The lowest BCUT2D eigenvalue weighted by Gasteiger charge is -2.34. The van der Waals surface area contributed by atoms with Gasteiger partial charge in [-0.1, -0.05) is 0 Å². The summed E-state index contributed by atoms with van der Waals surface area (Å²) in [6.45, 7) is 7.63. The zero-order valence-corrected chi connectivity index (χ0v) is 12.3. The molecule has 0 saturated carbocycles. The summed E-state index contributed by atoms with van der Waals surface area (Å²) in [5.41, 5.74) is -0.173. The molecule has 2 amide bonds. The average molecular weight is 264 g/mol. The molecule has 1 saturated heterocycles. The number of carbonyl (C=O) groups is 1. The summed E-state index contributed by atoms with van der Waals surface area (Å²) in [6, 6.07) is 0.0470. The number of urea groups is 1. The number of hydrogen-bond donors (Lipinski definition) is 1. The number of nitrogens with zero attached hydrogens (tertiary/aromatic N) is 3. The van der Waals surface area contributed by atoms with Gasteiger partial charge >= 0.3 is 6.03 Å². The van der Waals surface area contributed by atoms with Crippen molar-refractivity contribution in [2.75, 3.05) is 13.1 Å². The lowest BCUT2D eigenvalue weighted by Crippen LogP contribution is -2.50. The minimum atomic E-state index is -0.173. The summed E-state index contributed by atoms with van der Waals surface area (Å²) >= 11 is 0. The van der Waals surface area contributed by atoms with Gasteiger partial charge in [0, 0.05) is 44.0 Å². The van der Waals surface area contributed by atoms with Crippen LogP contribution in [-0.2, 0) is 7.05 Å². The topological polar surface area (TPSA) is 50.2 Å². The summed E-state index contributed by atoms with van der Waals surface area (Å²) in [6.07, 6.45) is 5.80. The van der Waals surface area contributed by atoms with Crippen LogP contribution in [0.5, 0.6) is 0 Å². The second-order valence-corrected chi connectivity index (χ2v) is 6.34. The Morgan fingerprint density at radius 1 is 1.37 bits per heavy atom. The maximum atomic E-state index is 12.1. The maximum absolute atomic E-state index is 12.1. The highest BCUT2D eigenvalue weighted by molar-refractivity contribution is 5.75. The predicted octanol–water partition coefficient (Wildman–Crippen LogP) is 2.11. The number of imidazole rings is 1. The fraction of sp³-hybridized carbons (Fsp3) is 0.714. The summed E-state index contributed by atoms with van der Waals surface area (Å²) in [5, 5.41) is 3.02. The number of hydrogen-bond acceptors (Lipinski definition) is 2. The lowest BCUT2D eigenvalue weighted by atomic mass is 9.96. The van der Waals surface area contributed by atoms with Gasteiger partial charge in [0.25, 0.3) is 0 Å². The van der Waals surface area contributed by atoms with E-state index in [4.69, 9.17) is 0 Å². The monoisotopic (exact) mass is 264 g/mol. The largest absolute Gasteiger partial charge is 0.338 e. The summed E-state index contributed by atoms with van der Waals surface area (Å²) in [4.78, 5) is 18.4. The molecule has 2 heterocycles. The predicted molar refractivity (Wildman–Crippen MR) is 75.0 cm³/mol. The summed E-state index contributed by atoms with van der Waals surface area (Å²) < 4.78 is 2.08. The van der Waals surface area contributed by atoms with Gasteiger partial charge in [-0.15, -0.1) is 0 Å². The molecule has 0 bridgehead atoms. The second kappa shape index (κ2) is 5.23. The van der Waals surface area contributed by atoms with Crippen molar-refractivity contribution in [2.45, 2.75) is 45.1 Å². The molecule has 19 heavy (non-hydrogen) atoms. The maximum Gasteiger partial charge on any atom is 0.317 e. The van der Waals surface area contributed by atoms with Crippen LogP contribution >= 0.6 is 0 Å². The van der Waals surface area contributed by atoms with Gasteiger partial charge in [-0.3, -0.25) is 0 Å². The number of likely N-dealkylation sites (tertiary alicyclic amines) is 1. The van der Waals surface area contributed by atoms with E-state index in [2.05, 4.69) is 14.9 Å². The zero-order valence-electron chi connectivity index (χ0n) is 12.3. The first-order valence-electron chi connectivity index (χ1n) is 6.91. The first-order valence-corrected chi connectivity index (χ1v) is 6.91. The first-order chi connectivity index (χ1) is 8.87. The van der Waals surface area contributed by atoms with Crippen molar-refractivity contribution in [3.05, 3.63) is 18.2 Å². The molecule has 1 aliphatic rings. The van der Waals surface area contributed by atoms with E-state index in [1.807, 2.05) is 45.1 Å². The SMILES string of the molecule is Cn1ccnc1C1CCN(C(=O)NC(C)(C)C)CC1. The standard InChI is InChI=1S/C14H24N4O/c1-14(2,3)16-13(19)18-8-5-11(6-9-18)12-15-7-10-17(12)4/h7,10-11H,5-6,8-9H2,1-4H3,(H,16,19). The number of piperidine rings is 1. The van der Waals surface area contributed by atoms with Gasteiger partial charge in [-0.05, 0) is 33.6 Å². The Bertz CT molecular complexity index is 439. The molecule has 1 fully saturated rings. The third kappa shape index (κ3) is 3.49.